The molecule has 0 aliphatic carbocycles. The monoisotopic (exact) mass is 217 g/mol. The minimum absolute atomic E-state index is 0.227. The predicted octanol–water partition coefficient (Wildman–Crippen LogP) is 0.208. The van der Waals surface area contributed by atoms with Crippen molar-refractivity contribution in [3.05, 3.63) is 11.9 Å². The molecule has 5 nitrogen and oxygen atoms in total. The molecule has 0 fully saturated rings. The van der Waals surface area contributed by atoms with Crippen LogP contribution in [-0.2, 0) is 13.5 Å². The van der Waals surface area contributed by atoms with E-state index < -0.39 is 0 Å². The molecule has 1 atom stereocenters. The number of hydrogen-bond donors (Lipinski definition) is 2. The van der Waals surface area contributed by atoms with Crippen LogP contribution in [0.5, 0.6) is 0 Å². The van der Waals surface area contributed by atoms with E-state index in [2.05, 4.69) is 15.7 Å². The zero-order valence-electron chi connectivity index (χ0n) is 8.28. The van der Waals surface area contributed by atoms with Gasteiger partial charge in [-0.25, -0.2) is 0 Å². The highest BCUT2D eigenvalue weighted by atomic mass is 35.5. The van der Waals surface area contributed by atoms with Gasteiger partial charge in [0.2, 0.25) is 0 Å². The van der Waals surface area contributed by atoms with E-state index in [1.54, 1.807) is 4.68 Å². The summed E-state index contributed by atoms with van der Waals surface area (Å²) in [6, 6.07) is 0.227. The summed E-state index contributed by atoms with van der Waals surface area (Å²) in [6.07, 6.45) is 4.60. The molecule has 0 bridgehead atoms. The standard InChI is InChI=1S/C8H16ClN5/c1-14-6-8(12-13-14)5-7(11-10)3-2-4-9/h6-7,11H,2-5,10H2,1H3. The highest BCUT2D eigenvalue weighted by Crippen LogP contribution is 2.04. The number of rotatable bonds is 6. The number of nitrogens with one attached hydrogen (secondary N) is 1. The predicted molar refractivity (Wildman–Crippen MR) is 55.8 cm³/mol. The van der Waals surface area contributed by atoms with Gasteiger partial charge in [0.05, 0.1) is 5.69 Å². The van der Waals surface area contributed by atoms with Crippen LogP contribution in [-0.4, -0.2) is 26.9 Å². The SMILES string of the molecule is Cn1cc(CC(CCCCl)NN)nn1. The van der Waals surface area contributed by atoms with Crippen LogP contribution >= 0.6 is 11.6 Å². The van der Waals surface area contributed by atoms with Crippen molar-refractivity contribution in [2.75, 3.05) is 5.88 Å². The number of nitrogens with two attached hydrogens (primary N) is 1. The molecular formula is C8H16ClN5. The molecule has 0 saturated heterocycles. The van der Waals surface area contributed by atoms with Crippen molar-refractivity contribution in [3.63, 3.8) is 0 Å². The van der Waals surface area contributed by atoms with Crippen molar-refractivity contribution in [3.8, 4) is 0 Å². The Morgan fingerprint density at radius 3 is 3.00 bits per heavy atom. The maximum Gasteiger partial charge on any atom is 0.0843 e. The normalized spacial score (nSPS) is 13.1. The molecule has 1 aromatic rings. The Kier molecular flexibility index (Phi) is 4.86. The molecule has 0 aliphatic rings. The van der Waals surface area contributed by atoms with Gasteiger partial charge in [0.25, 0.3) is 0 Å². The Bertz CT molecular complexity index is 262. The Balaban J connectivity index is 2.40. The fourth-order valence-corrected chi connectivity index (χ4v) is 1.46. The number of alkyl halides is 1. The molecule has 80 valence electrons. The van der Waals surface area contributed by atoms with Crippen LogP contribution in [0.2, 0.25) is 0 Å². The second-order valence-corrected chi connectivity index (χ2v) is 3.66. The van der Waals surface area contributed by atoms with Gasteiger partial charge in [0.1, 0.15) is 0 Å². The highest BCUT2D eigenvalue weighted by Gasteiger charge is 2.09. The van der Waals surface area contributed by atoms with E-state index in [1.807, 2.05) is 13.2 Å². The summed E-state index contributed by atoms with van der Waals surface area (Å²) in [4.78, 5) is 0. The Morgan fingerprint density at radius 1 is 1.71 bits per heavy atom. The van der Waals surface area contributed by atoms with E-state index in [-0.39, 0.29) is 6.04 Å². The molecule has 1 aromatic heterocycles. The molecule has 0 radical (unpaired) electrons. The van der Waals surface area contributed by atoms with Gasteiger partial charge in [0.15, 0.2) is 0 Å². The van der Waals surface area contributed by atoms with Gasteiger partial charge in [-0.3, -0.25) is 16.0 Å². The van der Waals surface area contributed by atoms with E-state index in [0.717, 1.165) is 25.0 Å². The average molecular weight is 218 g/mol. The van der Waals surface area contributed by atoms with Gasteiger partial charge in [-0.2, -0.15) is 0 Å². The molecule has 1 unspecified atom stereocenters. The van der Waals surface area contributed by atoms with Crippen LogP contribution in [0.25, 0.3) is 0 Å². The first-order valence-electron chi connectivity index (χ1n) is 4.63. The third kappa shape index (κ3) is 3.61. The van der Waals surface area contributed by atoms with Crippen LogP contribution in [0.15, 0.2) is 6.20 Å². The number of aromatic nitrogens is 3. The first kappa shape index (κ1) is 11.4. The minimum atomic E-state index is 0.227. The van der Waals surface area contributed by atoms with Crippen molar-refractivity contribution in [2.45, 2.75) is 25.3 Å². The smallest absolute Gasteiger partial charge is 0.0843 e. The van der Waals surface area contributed by atoms with Gasteiger partial charge in [-0.05, 0) is 12.8 Å². The van der Waals surface area contributed by atoms with Gasteiger partial charge in [-0.15, -0.1) is 16.7 Å². The summed E-state index contributed by atoms with van der Waals surface area (Å²) in [5.41, 5.74) is 3.71. The molecular weight excluding hydrogens is 202 g/mol. The quantitative estimate of drug-likeness (QED) is 0.406. The fourth-order valence-electron chi connectivity index (χ4n) is 1.31. The molecule has 1 rings (SSSR count). The molecule has 3 N–H and O–H groups in total. The van der Waals surface area contributed by atoms with E-state index >= 15 is 0 Å². The van der Waals surface area contributed by atoms with Crippen molar-refractivity contribution >= 4 is 11.6 Å². The lowest BCUT2D eigenvalue weighted by atomic mass is 10.1. The fraction of sp³-hybridized carbons (Fsp3) is 0.750. The van der Waals surface area contributed by atoms with Crippen LogP contribution in [0, 0.1) is 0 Å². The first-order chi connectivity index (χ1) is 6.76. The first-order valence-corrected chi connectivity index (χ1v) is 5.17. The molecule has 14 heavy (non-hydrogen) atoms. The van der Waals surface area contributed by atoms with Gasteiger partial charge in [-0.1, -0.05) is 5.21 Å². The maximum atomic E-state index is 5.61. The van der Waals surface area contributed by atoms with E-state index in [4.69, 9.17) is 17.4 Å². The second-order valence-electron chi connectivity index (χ2n) is 3.28. The molecule has 1 heterocycles. The van der Waals surface area contributed by atoms with Crippen LogP contribution in [0.3, 0.4) is 0 Å². The summed E-state index contributed by atoms with van der Waals surface area (Å²) in [6.45, 7) is 0. The van der Waals surface area contributed by atoms with Crippen LogP contribution < -0.4 is 11.3 Å². The zero-order valence-corrected chi connectivity index (χ0v) is 9.04. The summed E-state index contributed by atoms with van der Waals surface area (Å²) < 4.78 is 1.68. The largest absolute Gasteiger partial charge is 0.271 e. The van der Waals surface area contributed by atoms with Crippen LogP contribution in [0.4, 0.5) is 0 Å². The summed E-state index contributed by atoms with van der Waals surface area (Å²) in [7, 11) is 1.85. The van der Waals surface area contributed by atoms with E-state index in [1.165, 1.54) is 0 Å². The number of aryl methyl sites for hydroxylation is 1. The topological polar surface area (TPSA) is 68.8 Å². The maximum absolute atomic E-state index is 5.61. The minimum Gasteiger partial charge on any atom is -0.271 e. The molecule has 0 amide bonds. The third-order valence-corrected chi connectivity index (χ3v) is 2.29. The van der Waals surface area contributed by atoms with Gasteiger partial charge < -0.3 is 0 Å². The summed E-state index contributed by atoms with van der Waals surface area (Å²) in [5, 5.41) is 7.85. The molecule has 0 spiro atoms. The number of halogens is 1. The van der Waals surface area contributed by atoms with Crippen LogP contribution in [0.1, 0.15) is 18.5 Å². The zero-order chi connectivity index (χ0) is 10.4. The molecule has 6 heteroatoms. The van der Waals surface area contributed by atoms with Crippen molar-refractivity contribution in [2.24, 2.45) is 12.9 Å². The lowest BCUT2D eigenvalue weighted by Crippen LogP contribution is -2.36. The van der Waals surface area contributed by atoms with Gasteiger partial charge in [0, 0.05) is 31.6 Å². The van der Waals surface area contributed by atoms with E-state index in [9.17, 15) is 0 Å². The number of nitrogens with zero attached hydrogens (tertiary/aromatic N) is 3. The lowest BCUT2D eigenvalue weighted by molar-refractivity contribution is 0.482. The summed E-state index contributed by atoms with van der Waals surface area (Å²) in [5.74, 6) is 6.09. The van der Waals surface area contributed by atoms with Gasteiger partial charge >= 0.3 is 0 Å². The third-order valence-electron chi connectivity index (χ3n) is 2.03. The Labute approximate surface area is 88.6 Å². The van der Waals surface area contributed by atoms with Crippen molar-refractivity contribution in [1.29, 1.82) is 0 Å². The highest BCUT2D eigenvalue weighted by molar-refractivity contribution is 6.17. The number of hydrogen-bond acceptors (Lipinski definition) is 4. The van der Waals surface area contributed by atoms with E-state index in [0.29, 0.717) is 5.88 Å². The van der Waals surface area contributed by atoms with Crippen molar-refractivity contribution in [1.82, 2.24) is 20.4 Å². The molecule has 0 saturated carbocycles. The molecule has 0 aromatic carbocycles. The molecule has 0 aliphatic heterocycles. The summed E-state index contributed by atoms with van der Waals surface area (Å²) >= 11 is 5.61. The average Bonchev–Trinajstić information content (AvgIpc) is 2.58. The van der Waals surface area contributed by atoms with Crippen molar-refractivity contribution < 1.29 is 0 Å². The number of hydrazine groups is 1. The Morgan fingerprint density at radius 2 is 2.50 bits per heavy atom. The lowest BCUT2D eigenvalue weighted by Gasteiger charge is -2.12. The second kappa shape index (κ2) is 5.95. The Hall–Kier alpha value is -0.650.